The van der Waals surface area contributed by atoms with Gasteiger partial charge in [-0.25, -0.2) is 0 Å². The first-order valence-corrected chi connectivity index (χ1v) is 7.64. The van der Waals surface area contributed by atoms with Gasteiger partial charge in [0.15, 0.2) is 0 Å². The summed E-state index contributed by atoms with van der Waals surface area (Å²) in [6.07, 6.45) is 6.91. The lowest BCUT2D eigenvalue weighted by Crippen LogP contribution is -2.49. The van der Waals surface area contributed by atoms with Gasteiger partial charge in [-0.1, -0.05) is 12.8 Å². The molecule has 2 aliphatic rings. The number of nitrogens with two attached hydrogens (primary N) is 1. The molecule has 0 bridgehead atoms. The molecule has 2 fully saturated rings. The van der Waals surface area contributed by atoms with Crippen LogP contribution in [0.4, 0.5) is 0 Å². The van der Waals surface area contributed by atoms with Gasteiger partial charge >= 0.3 is 0 Å². The van der Waals surface area contributed by atoms with Crippen LogP contribution in [0.2, 0.25) is 0 Å². The van der Waals surface area contributed by atoms with Crippen LogP contribution in [-0.4, -0.2) is 68.3 Å². The average Bonchev–Trinajstić information content (AvgIpc) is 2.93. The van der Waals surface area contributed by atoms with E-state index in [1.165, 1.54) is 58.4 Å². The minimum Gasteiger partial charge on any atom is -0.380 e. The van der Waals surface area contributed by atoms with Gasteiger partial charge in [0.2, 0.25) is 0 Å². The molecule has 0 spiro atoms. The van der Waals surface area contributed by atoms with Crippen LogP contribution in [-0.2, 0) is 4.74 Å². The molecule has 1 aliphatic carbocycles. The lowest BCUT2D eigenvalue weighted by Gasteiger charge is -2.38. The summed E-state index contributed by atoms with van der Waals surface area (Å²) in [4.78, 5) is 5.30. The van der Waals surface area contributed by atoms with Crippen LogP contribution < -0.4 is 5.73 Å². The Morgan fingerprint density at radius 3 is 2.39 bits per heavy atom. The maximum Gasteiger partial charge on any atom is 0.0588 e. The van der Waals surface area contributed by atoms with Crippen LogP contribution in [0.5, 0.6) is 0 Å². The van der Waals surface area contributed by atoms with Crippen molar-refractivity contribution in [3.8, 4) is 0 Å². The quantitative estimate of drug-likeness (QED) is 0.687. The molecular formula is C14H29N3O. The summed E-state index contributed by atoms with van der Waals surface area (Å²) in [5.41, 5.74) is 5.39. The Morgan fingerprint density at radius 1 is 1.00 bits per heavy atom. The Bertz CT molecular complexity index is 211. The Labute approximate surface area is 111 Å². The number of hydrogen-bond acceptors (Lipinski definition) is 4. The summed E-state index contributed by atoms with van der Waals surface area (Å²) in [6, 6.07) is 0.903. The molecule has 0 aromatic heterocycles. The van der Waals surface area contributed by atoms with Crippen molar-refractivity contribution in [3.05, 3.63) is 0 Å². The predicted octanol–water partition coefficient (Wildman–Crippen LogP) is 0.912. The van der Waals surface area contributed by atoms with E-state index in [0.717, 1.165) is 19.1 Å². The molecule has 4 heteroatoms. The highest BCUT2D eigenvalue weighted by Gasteiger charge is 2.25. The molecule has 1 aliphatic heterocycles. The third-order valence-corrected chi connectivity index (χ3v) is 4.27. The number of rotatable bonds is 7. The average molecular weight is 255 g/mol. The van der Waals surface area contributed by atoms with Crippen molar-refractivity contribution in [2.75, 3.05) is 52.5 Å². The van der Waals surface area contributed by atoms with Gasteiger partial charge in [0.1, 0.15) is 0 Å². The van der Waals surface area contributed by atoms with Gasteiger partial charge in [0, 0.05) is 51.9 Å². The maximum absolute atomic E-state index is 5.41. The number of ether oxygens (including phenoxy) is 1. The standard InChI is InChI=1S/C14H29N3O/c15-6-13-18-12-3-7-16-8-10-17(11-9-16)14-4-1-2-5-14/h14H,1-13,15H2. The molecule has 4 nitrogen and oxygen atoms in total. The molecule has 0 unspecified atom stereocenters. The van der Waals surface area contributed by atoms with Crippen molar-refractivity contribution in [1.29, 1.82) is 0 Å². The van der Waals surface area contributed by atoms with Crippen molar-refractivity contribution >= 4 is 0 Å². The Kier molecular flexibility index (Phi) is 6.41. The number of hydrogen-bond donors (Lipinski definition) is 1. The van der Waals surface area contributed by atoms with Crippen LogP contribution in [0.1, 0.15) is 32.1 Å². The second kappa shape index (κ2) is 8.10. The fourth-order valence-electron chi connectivity index (χ4n) is 3.20. The highest BCUT2D eigenvalue weighted by molar-refractivity contribution is 4.81. The zero-order valence-electron chi connectivity index (χ0n) is 11.6. The fraction of sp³-hybridized carbons (Fsp3) is 1.00. The molecule has 0 aromatic rings. The minimum absolute atomic E-state index is 0.639. The van der Waals surface area contributed by atoms with E-state index in [9.17, 15) is 0 Å². The van der Waals surface area contributed by atoms with E-state index in [-0.39, 0.29) is 0 Å². The molecule has 106 valence electrons. The summed E-state index contributed by atoms with van der Waals surface area (Å²) in [6.45, 7) is 8.42. The fourth-order valence-corrected chi connectivity index (χ4v) is 3.20. The van der Waals surface area contributed by atoms with E-state index >= 15 is 0 Å². The topological polar surface area (TPSA) is 41.7 Å². The lowest BCUT2D eigenvalue weighted by molar-refractivity contribution is 0.0832. The molecule has 0 atom stereocenters. The van der Waals surface area contributed by atoms with E-state index in [0.29, 0.717) is 13.2 Å². The van der Waals surface area contributed by atoms with Crippen LogP contribution in [0, 0.1) is 0 Å². The van der Waals surface area contributed by atoms with Crippen LogP contribution in [0.15, 0.2) is 0 Å². The zero-order chi connectivity index (χ0) is 12.6. The molecular weight excluding hydrogens is 226 g/mol. The van der Waals surface area contributed by atoms with Crippen LogP contribution >= 0.6 is 0 Å². The third-order valence-electron chi connectivity index (χ3n) is 4.27. The minimum atomic E-state index is 0.639. The van der Waals surface area contributed by atoms with Crippen molar-refractivity contribution in [2.24, 2.45) is 5.73 Å². The molecule has 2 N–H and O–H groups in total. The normalized spacial score (nSPS) is 23.8. The first-order chi connectivity index (χ1) is 8.90. The first kappa shape index (κ1) is 14.3. The number of piperazine rings is 1. The zero-order valence-corrected chi connectivity index (χ0v) is 11.6. The van der Waals surface area contributed by atoms with Crippen molar-refractivity contribution in [3.63, 3.8) is 0 Å². The Hall–Kier alpha value is -0.160. The maximum atomic E-state index is 5.41. The second-order valence-corrected chi connectivity index (χ2v) is 5.57. The molecule has 1 saturated heterocycles. The summed E-state index contributed by atoms with van der Waals surface area (Å²) in [5, 5.41) is 0. The van der Waals surface area contributed by atoms with E-state index in [2.05, 4.69) is 9.80 Å². The molecule has 1 heterocycles. The Morgan fingerprint density at radius 2 is 1.72 bits per heavy atom. The van der Waals surface area contributed by atoms with Crippen LogP contribution in [0.25, 0.3) is 0 Å². The summed E-state index contributed by atoms with van der Waals surface area (Å²) < 4.78 is 5.41. The summed E-state index contributed by atoms with van der Waals surface area (Å²) in [7, 11) is 0. The van der Waals surface area contributed by atoms with Crippen molar-refractivity contribution < 1.29 is 4.74 Å². The molecule has 0 amide bonds. The van der Waals surface area contributed by atoms with Gasteiger partial charge in [0.05, 0.1) is 6.61 Å². The Balaban J connectivity index is 1.53. The van der Waals surface area contributed by atoms with Gasteiger partial charge in [-0.15, -0.1) is 0 Å². The third kappa shape index (κ3) is 4.50. The highest BCUT2D eigenvalue weighted by Crippen LogP contribution is 2.24. The van der Waals surface area contributed by atoms with Gasteiger partial charge in [0.25, 0.3) is 0 Å². The van der Waals surface area contributed by atoms with Crippen molar-refractivity contribution in [1.82, 2.24) is 9.80 Å². The van der Waals surface area contributed by atoms with Crippen molar-refractivity contribution in [2.45, 2.75) is 38.1 Å². The first-order valence-electron chi connectivity index (χ1n) is 7.64. The van der Waals surface area contributed by atoms with E-state index in [4.69, 9.17) is 10.5 Å². The van der Waals surface area contributed by atoms with Gasteiger partial charge in [-0.2, -0.15) is 0 Å². The highest BCUT2D eigenvalue weighted by atomic mass is 16.5. The predicted molar refractivity (Wildman–Crippen MR) is 74.8 cm³/mol. The van der Waals surface area contributed by atoms with Gasteiger partial charge in [-0.05, 0) is 19.3 Å². The van der Waals surface area contributed by atoms with E-state index in [1.54, 1.807) is 0 Å². The lowest BCUT2D eigenvalue weighted by atomic mass is 10.2. The van der Waals surface area contributed by atoms with E-state index in [1.807, 2.05) is 0 Å². The molecule has 0 radical (unpaired) electrons. The molecule has 18 heavy (non-hydrogen) atoms. The largest absolute Gasteiger partial charge is 0.380 e. The summed E-state index contributed by atoms with van der Waals surface area (Å²) in [5.74, 6) is 0. The molecule has 0 aromatic carbocycles. The SMILES string of the molecule is NCCOCCCN1CCN(C2CCCC2)CC1. The number of nitrogens with zero attached hydrogens (tertiary/aromatic N) is 2. The molecule has 2 rings (SSSR count). The van der Waals surface area contributed by atoms with Crippen LogP contribution in [0.3, 0.4) is 0 Å². The second-order valence-electron chi connectivity index (χ2n) is 5.57. The monoisotopic (exact) mass is 255 g/mol. The van der Waals surface area contributed by atoms with E-state index < -0.39 is 0 Å². The van der Waals surface area contributed by atoms with Gasteiger partial charge in [-0.3, -0.25) is 4.90 Å². The summed E-state index contributed by atoms with van der Waals surface area (Å²) >= 11 is 0. The van der Waals surface area contributed by atoms with Gasteiger partial charge < -0.3 is 15.4 Å². The molecule has 1 saturated carbocycles. The smallest absolute Gasteiger partial charge is 0.0588 e.